The minimum Gasteiger partial charge on any atom is -0.486 e. The molecular formula is C25H29F3N2O4S. The van der Waals surface area contributed by atoms with Crippen molar-refractivity contribution in [3.05, 3.63) is 65.2 Å². The highest BCUT2D eigenvalue weighted by molar-refractivity contribution is 7.92. The highest BCUT2D eigenvalue weighted by Crippen LogP contribution is 2.45. The van der Waals surface area contributed by atoms with Crippen molar-refractivity contribution in [3.63, 3.8) is 0 Å². The molecule has 0 saturated heterocycles. The number of rotatable bonds is 8. The molecule has 2 aromatic carbocycles. The fraction of sp³-hybridized carbons (Fsp3) is 0.400. The lowest BCUT2D eigenvalue weighted by atomic mass is 9.83. The van der Waals surface area contributed by atoms with Crippen LogP contribution in [0.1, 0.15) is 49.8 Å². The Balaban J connectivity index is 1.72. The number of hydrogen-bond acceptors (Lipinski definition) is 4. The van der Waals surface area contributed by atoms with Gasteiger partial charge in [-0.25, -0.2) is 8.42 Å². The zero-order valence-corrected chi connectivity index (χ0v) is 20.6. The molecule has 1 aliphatic heterocycles. The smallest absolute Gasteiger partial charge is 0.416 e. The Labute approximate surface area is 203 Å². The van der Waals surface area contributed by atoms with Gasteiger partial charge in [0.2, 0.25) is 15.9 Å². The van der Waals surface area contributed by atoms with Crippen molar-refractivity contribution in [1.82, 2.24) is 5.32 Å². The number of amides is 1. The SMILES string of the molecule is CCC1(CC)C/C(=C\C(=O)NCCc2ccc(NS(C)(=O)=O)cc2)c2ccc(C(F)(F)F)cc2O1. The molecule has 0 fully saturated rings. The van der Waals surface area contributed by atoms with E-state index in [9.17, 15) is 26.4 Å². The number of benzene rings is 2. The van der Waals surface area contributed by atoms with Crippen molar-refractivity contribution in [2.24, 2.45) is 0 Å². The van der Waals surface area contributed by atoms with E-state index in [0.717, 1.165) is 24.0 Å². The Morgan fingerprint density at radius 1 is 1.11 bits per heavy atom. The molecule has 0 saturated carbocycles. The topological polar surface area (TPSA) is 84.5 Å². The molecule has 0 atom stereocenters. The van der Waals surface area contributed by atoms with Crippen LogP contribution in [0.15, 0.2) is 48.5 Å². The number of anilines is 1. The third-order valence-electron chi connectivity index (χ3n) is 6.06. The fourth-order valence-electron chi connectivity index (χ4n) is 4.03. The zero-order chi connectivity index (χ0) is 25.9. The number of fused-ring (bicyclic) bond motifs is 1. The van der Waals surface area contributed by atoms with Crippen LogP contribution in [-0.4, -0.2) is 32.7 Å². The lowest BCUT2D eigenvalue weighted by molar-refractivity contribution is -0.137. The van der Waals surface area contributed by atoms with E-state index in [1.54, 1.807) is 24.3 Å². The number of ether oxygens (including phenoxy) is 1. The molecule has 1 aliphatic rings. The van der Waals surface area contributed by atoms with Gasteiger partial charge in [0, 0.05) is 30.3 Å². The monoisotopic (exact) mass is 510 g/mol. The van der Waals surface area contributed by atoms with Crippen molar-refractivity contribution < 1.29 is 31.1 Å². The van der Waals surface area contributed by atoms with Crippen molar-refractivity contribution in [2.75, 3.05) is 17.5 Å². The Morgan fingerprint density at radius 2 is 1.77 bits per heavy atom. The summed E-state index contributed by atoms with van der Waals surface area (Å²) in [5.41, 5.74) is 1.01. The maximum atomic E-state index is 13.2. The summed E-state index contributed by atoms with van der Waals surface area (Å²) in [6, 6.07) is 10.2. The first kappa shape index (κ1) is 26.6. The average molecular weight is 511 g/mol. The van der Waals surface area contributed by atoms with E-state index in [4.69, 9.17) is 4.74 Å². The Kier molecular flexibility index (Phi) is 7.83. The number of carbonyl (C=O) groups excluding carboxylic acids is 1. The summed E-state index contributed by atoms with van der Waals surface area (Å²) in [7, 11) is -3.35. The first-order valence-corrected chi connectivity index (χ1v) is 13.2. The van der Waals surface area contributed by atoms with Crippen LogP contribution in [0.5, 0.6) is 5.75 Å². The van der Waals surface area contributed by atoms with Crippen molar-refractivity contribution >= 4 is 27.2 Å². The number of carbonyl (C=O) groups is 1. The van der Waals surface area contributed by atoms with Gasteiger partial charge in [-0.05, 0) is 54.7 Å². The van der Waals surface area contributed by atoms with Crippen LogP contribution in [0.25, 0.3) is 5.57 Å². The maximum absolute atomic E-state index is 13.2. The third kappa shape index (κ3) is 7.00. The van der Waals surface area contributed by atoms with Gasteiger partial charge in [0.05, 0.1) is 11.8 Å². The average Bonchev–Trinajstić information content (AvgIpc) is 2.78. The first-order valence-electron chi connectivity index (χ1n) is 11.3. The molecule has 3 rings (SSSR count). The molecular weight excluding hydrogens is 481 g/mol. The van der Waals surface area contributed by atoms with Crippen LogP contribution >= 0.6 is 0 Å². The maximum Gasteiger partial charge on any atom is 0.416 e. The second-order valence-electron chi connectivity index (χ2n) is 8.66. The van der Waals surface area contributed by atoms with E-state index in [1.807, 2.05) is 13.8 Å². The second-order valence-corrected chi connectivity index (χ2v) is 10.4. The van der Waals surface area contributed by atoms with Gasteiger partial charge in [0.15, 0.2) is 0 Å². The van der Waals surface area contributed by atoms with Crippen LogP contribution in [-0.2, 0) is 27.4 Å². The predicted molar refractivity (Wildman–Crippen MR) is 130 cm³/mol. The Hall–Kier alpha value is -3.01. The van der Waals surface area contributed by atoms with Crippen LogP contribution in [0.4, 0.5) is 18.9 Å². The Morgan fingerprint density at radius 3 is 2.34 bits per heavy atom. The van der Waals surface area contributed by atoms with Crippen LogP contribution < -0.4 is 14.8 Å². The van der Waals surface area contributed by atoms with Crippen molar-refractivity contribution in [1.29, 1.82) is 0 Å². The van der Waals surface area contributed by atoms with E-state index < -0.39 is 27.4 Å². The lowest BCUT2D eigenvalue weighted by Crippen LogP contribution is -2.38. The number of nitrogens with one attached hydrogen (secondary N) is 2. The standard InChI is InChI=1S/C25H29F3N2O4S/c1-4-24(5-2)16-18(21-11-8-19(25(26,27)28)15-22(21)34-24)14-23(31)29-13-12-17-6-9-20(10-7-17)30-35(3,32)33/h6-11,14-15,30H,4-5,12-13,16H2,1-3H3,(H,29,31)/b18-14+. The molecule has 0 radical (unpaired) electrons. The summed E-state index contributed by atoms with van der Waals surface area (Å²) < 4.78 is 70.7. The summed E-state index contributed by atoms with van der Waals surface area (Å²) >= 11 is 0. The third-order valence-corrected chi connectivity index (χ3v) is 6.66. The van der Waals surface area contributed by atoms with E-state index in [-0.39, 0.29) is 11.7 Å². The molecule has 2 aromatic rings. The number of sulfonamides is 1. The van der Waals surface area contributed by atoms with E-state index in [2.05, 4.69) is 10.0 Å². The molecule has 6 nitrogen and oxygen atoms in total. The van der Waals surface area contributed by atoms with Gasteiger partial charge in [0.1, 0.15) is 11.4 Å². The molecule has 1 amide bonds. The van der Waals surface area contributed by atoms with Gasteiger partial charge in [-0.3, -0.25) is 9.52 Å². The van der Waals surface area contributed by atoms with Gasteiger partial charge in [-0.2, -0.15) is 13.2 Å². The normalized spacial score (nSPS) is 16.3. The van der Waals surface area contributed by atoms with Crippen LogP contribution in [0.2, 0.25) is 0 Å². The van der Waals surface area contributed by atoms with E-state index in [0.29, 0.717) is 49.1 Å². The minimum absolute atomic E-state index is 0.136. The largest absolute Gasteiger partial charge is 0.486 e. The quantitative estimate of drug-likeness (QED) is 0.481. The summed E-state index contributed by atoms with van der Waals surface area (Å²) in [4.78, 5) is 12.7. The molecule has 0 aromatic heterocycles. The minimum atomic E-state index is -4.49. The molecule has 1 heterocycles. The van der Waals surface area contributed by atoms with Gasteiger partial charge in [0.25, 0.3) is 0 Å². The molecule has 35 heavy (non-hydrogen) atoms. The highest BCUT2D eigenvalue weighted by atomic mass is 32.2. The number of hydrogen-bond donors (Lipinski definition) is 2. The van der Waals surface area contributed by atoms with Gasteiger partial charge in [-0.15, -0.1) is 0 Å². The summed E-state index contributed by atoms with van der Waals surface area (Å²) in [6.07, 6.45) is 0.134. The molecule has 190 valence electrons. The molecule has 0 unspecified atom stereocenters. The molecule has 0 aliphatic carbocycles. The fourth-order valence-corrected chi connectivity index (χ4v) is 4.59. The zero-order valence-electron chi connectivity index (χ0n) is 19.8. The predicted octanol–water partition coefficient (Wildman–Crippen LogP) is 5.16. The summed E-state index contributed by atoms with van der Waals surface area (Å²) in [5.74, 6) is -0.208. The number of alkyl halides is 3. The molecule has 0 spiro atoms. The van der Waals surface area contributed by atoms with Crippen molar-refractivity contribution in [2.45, 2.75) is 51.3 Å². The molecule has 2 N–H and O–H groups in total. The first-order chi connectivity index (χ1) is 16.3. The second kappa shape index (κ2) is 10.3. The van der Waals surface area contributed by atoms with Gasteiger partial charge in [-0.1, -0.05) is 32.0 Å². The van der Waals surface area contributed by atoms with Gasteiger partial charge < -0.3 is 10.1 Å². The Bertz CT molecular complexity index is 1200. The lowest BCUT2D eigenvalue weighted by Gasteiger charge is -2.39. The van der Waals surface area contributed by atoms with Gasteiger partial charge >= 0.3 is 6.18 Å². The van der Waals surface area contributed by atoms with E-state index in [1.165, 1.54) is 12.1 Å². The van der Waals surface area contributed by atoms with Crippen LogP contribution in [0, 0.1) is 0 Å². The summed E-state index contributed by atoms with van der Waals surface area (Å²) in [6.45, 7) is 4.16. The van der Waals surface area contributed by atoms with Crippen LogP contribution in [0.3, 0.4) is 0 Å². The van der Waals surface area contributed by atoms with Crippen molar-refractivity contribution in [3.8, 4) is 5.75 Å². The number of halogens is 3. The highest BCUT2D eigenvalue weighted by Gasteiger charge is 2.38. The molecule has 0 bridgehead atoms. The summed E-state index contributed by atoms with van der Waals surface area (Å²) in [5, 5.41) is 2.81. The van der Waals surface area contributed by atoms with E-state index >= 15 is 0 Å². The molecule has 10 heteroatoms.